The predicted octanol–water partition coefficient (Wildman–Crippen LogP) is 3.02. The van der Waals surface area contributed by atoms with Gasteiger partial charge in [0.2, 0.25) is 0 Å². The Balaban J connectivity index is 2.30. The van der Waals surface area contributed by atoms with Crippen LogP contribution in [-0.4, -0.2) is 22.1 Å². The van der Waals surface area contributed by atoms with Crippen LogP contribution < -0.4 is 5.32 Å². The molecule has 0 saturated carbocycles. The van der Waals surface area contributed by atoms with Gasteiger partial charge in [-0.05, 0) is 42.5 Å². The van der Waals surface area contributed by atoms with Crippen LogP contribution in [0.15, 0.2) is 23.6 Å². The lowest BCUT2D eigenvalue weighted by Gasteiger charge is -2.07. The summed E-state index contributed by atoms with van der Waals surface area (Å²) in [6.45, 7) is 3.45. The Morgan fingerprint density at radius 2 is 1.90 bits per heavy atom. The first-order valence-electron chi connectivity index (χ1n) is 5.82. The van der Waals surface area contributed by atoms with Crippen molar-refractivity contribution in [2.24, 2.45) is 0 Å². The second-order valence-electron chi connectivity index (χ2n) is 4.38. The first-order chi connectivity index (χ1) is 9.40. The number of carboxylic acid groups (broad SMARTS) is 1. The molecule has 0 aliphatic heterocycles. The molecule has 1 aromatic heterocycles. The number of carbonyl (C=O) groups is 2. The van der Waals surface area contributed by atoms with Gasteiger partial charge >= 0.3 is 5.97 Å². The first kappa shape index (κ1) is 14.1. The molecule has 0 radical (unpaired) electrons. The fraction of sp³-hybridized carbons (Fsp3) is 0.143. The van der Waals surface area contributed by atoms with Crippen LogP contribution in [0.5, 0.6) is 5.75 Å². The Hall–Kier alpha value is -2.34. The maximum Gasteiger partial charge on any atom is 0.348 e. The molecule has 0 spiro atoms. The third kappa shape index (κ3) is 2.65. The SMILES string of the molecule is Cc1ccc(C(=O)Nc2c(C)csc2C(=O)O)cc1O. The van der Waals surface area contributed by atoms with Crippen LogP contribution in [0, 0.1) is 13.8 Å². The standard InChI is InChI=1S/C14H13NO4S/c1-7-3-4-9(5-10(7)16)13(17)15-11-8(2)6-20-12(11)14(18)19/h3-6,16H,1-2H3,(H,15,17)(H,18,19). The van der Waals surface area contributed by atoms with E-state index in [0.717, 1.165) is 11.3 Å². The number of amides is 1. The molecule has 2 rings (SSSR count). The average Bonchev–Trinajstić information content (AvgIpc) is 2.74. The highest BCUT2D eigenvalue weighted by molar-refractivity contribution is 7.12. The van der Waals surface area contributed by atoms with E-state index in [-0.39, 0.29) is 16.2 Å². The van der Waals surface area contributed by atoms with Gasteiger partial charge in [0, 0.05) is 5.56 Å². The Kier molecular flexibility index (Phi) is 3.76. The molecule has 0 saturated heterocycles. The normalized spacial score (nSPS) is 10.3. The number of aromatic carboxylic acids is 1. The molecule has 0 aliphatic rings. The highest BCUT2D eigenvalue weighted by Crippen LogP contribution is 2.28. The molecule has 0 atom stereocenters. The van der Waals surface area contributed by atoms with Crippen molar-refractivity contribution in [2.75, 3.05) is 5.32 Å². The minimum Gasteiger partial charge on any atom is -0.508 e. The lowest BCUT2D eigenvalue weighted by Crippen LogP contribution is -2.14. The zero-order valence-electron chi connectivity index (χ0n) is 10.9. The maximum absolute atomic E-state index is 12.1. The summed E-state index contributed by atoms with van der Waals surface area (Å²) in [7, 11) is 0. The molecule has 1 amide bonds. The molecule has 2 aromatic rings. The van der Waals surface area contributed by atoms with E-state index in [0.29, 0.717) is 16.8 Å². The second-order valence-corrected chi connectivity index (χ2v) is 5.26. The highest BCUT2D eigenvalue weighted by Gasteiger charge is 2.18. The lowest BCUT2D eigenvalue weighted by molar-refractivity contribution is 0.0703. The summed E-state index contributed by atoms with van der Waals surface area (Å²) >= 11 is 1.06. The number of anilines is 1. The Labute approximate surface area is 119 Å². The lowest BCUT2D eigenvalue weighted by atomic mass is 10.1. The Bertz CT molecular complexity index is 690. The van der Waals surface area contributed by atoms with Crippen molar-refractivity contribution in [3.63, 3.8) is 0 Å². The van der Waals surface area contributed by atoms with Crippen molar-refractivity contribution in [3.8, 4) is 5.75 Å². The minimum absolute atomic E-state index is 0.0261. The number of carboxylic acids is 1. The smallest absolute Gasteiger partial charge is 0.348 e. The molecule has 5 nitrogen and oxygen atoms in total. The number of phenolic OH excluding ortho intramolecular Hbond substituents is 1. The van der Waals surface area contributed by atoms with Crippen LogP contribution >= 0.6 is 11.3 Å². The third-order valence-electron chi connectivity index (χ3n) is 2.88. The number of nitrogens with one attached hydrogen (secondary N) is 1. The summed E-state index contributed by atoms with van der Waals surface area (Å²) in [5.74, 6) is -1.51. The number of aromatic hydroxyl groups is 1. The van der Waals surface area contributed by atoms with Gasteiger partial charge in [0.05, 0.1) is 5.69 Å². The van der Waals surface area contributed by atoms with E-state index in [9.17, 15) is 14.7 Å². The van der Waals surface area contributed by atoms with E-state index in [1.165, 1.54) is 6.07 Å². The third-order valence-corrected chi connectivity index (χ3v) is 3.96. The number of hydrogen-bond acceptors (Lipinski definition) is 4. The molecule has 0 bridgehead atoms. The summed E-state index contributed by atoms with van der Waals surface area (Å²) in [5.41, 5.74) is 1.93. The van der Waals surface area contributed by atoms with Gasteiger partial charge in [-0.25, -0.2) is 4.79 Å². The van der Waals surface area contributed by atoms with Crippen molar-refractivity contribution in [3.05, 3.63) is 45.1 Å². The van der Waals surface area contributed by atoms with Crippen LogP contribution in [0.3, 0.4) is 0 Å². The van der Waals surface area contributed by atoms with E-state index in [1.807, 2.05) is 0 Å². The number of aryl methyl sites for hydroxylation is 2. The molecule has 1 aromatic carbocycles. The summed E-state index contributed by atoms with van der Waals surface area (Å²) in [6.07, 6.45) is 0. The van der Waals surface area contributed by atoms with Gasteiger partial charge in [-0.1, -0.05) is 6.07 Å². The molecule has 6 heteroatoms. The van der Waals surface area contributed by atoms with Crippen LogP contribution in [0.1, 0.15) is 31.2 Å². The molecule has 104 valence electrons. The van der Waals surface area contributed by atoms with Crippen molar-refractivity contribution < 1.29 is 19.8 Å². The van der Waals surface area contributed by atoms with E-state index in [4.69, 9.17) is 5.11 Å². The fourth-order valence-electron chi connectivity index (χ4n) is 1.69. The Morgan fingerprint density at radius 1 is 1.20 bits per heavy atom. The van der Waals surface area contributed by atoms with Crippen LogP contribution in [0.4, 0.5) is 5.69 Å². The van der Waals surface area contributed by atoms with Crippen LogP contribution in [0.2, 0.25) is 0 Å². The van der Waals surface area contributed by atoms with Gasteiger partial charge in [0.15, 0.2) is 0 Å². The summed E-state index contributed by atoms with van der Waals surface area (Å²) in [6, 6.07) is 4.56. The topological polar surface area (TPSA) is 86.6 Å². The van der Waals surface area contributed by atoms with Gasteiger partial charge in [-0.3, -0.25) is 4.79 Å². The van der Waals surface area contributed by atoms with E-state index >= 15 is 0 Å². The van der Waals surface area contributed by atoms with Gasteiger partial charge in [-0.2, -0.15) is 0 Å². The number of thiophene rings is 1. The summed E-state index contributed by atoms with van der Waals surface area (Å²) in [5, 5.41) is 22.9. The molecule has 20 heavy (non-hydrogen) atoms. The van der Waals surface area contributed by atoms with E-state index in [2.05, 4.69) is 5.32 Å². The number of hydrogen-bond donors (Lipinski definition) is 3. The zero-order valence-corrected chi connectivity index (χ0v) is 11.7. The number of rotatable bonds is 3. The number of phenols is 1. The number of carbonyl (C=O) groups excluding carboxylic acids is 1. The zero-order chi connectivity index (χ0) is 14.9. The van der Waals surface area contributed by atoms with E-state index in [1.54, 1.807) is 31.4 Å². The monoisotopic (exact) mass is 291 g/mol. The average molecular weight is 291 g/mol. The van der Waals surface area contributed by atoms with Crippen molar-refractivity contribution in [2.45, 2.75) is 13.8 Å². The molecular weight excluding hydrogens is 278 g/mol. The molecule has 3 N–H and O–H groups in total. The highest BCUT2D eigenvalue weighted by atomic mass is 32.1. The predicted molar refractivity (Wildman–Crippen MR) is 76.8 cm³/mol. The van der Waals surface area contributed by atoms with Crippen molar-refractivity contribution in [1.82, 2.24) is 0 Å². The molecule has 1 heterocycles. The maximum atomic E-state index is 12.1. The van der Waals surface area contributed by atoms with Crippen LogP contribution in [-0.2, 0) is 0 Å². The van der Waals surface area contributed by atoms with E-state index < -0.39 is 11.9 Å². The minimum atomic E-state index is -1.08. The molecule has 0 fully saturated rings. The second kappa shape index (κ2) is 5.34. The van der Waals surface area contributed by atoms with Gasteiger partial charge in [-0.15, -0.1) is 11.3 Å². The van der Waals surface area contributed by atoms with Gasteiger partial charge in [0.1, 0.15) is 10.6 Å². The molecule has 0 aliphatic carbocycles. The van der Waals surface area contributed by atoms with Gasteiger partial charge in [0.25, 0.3) is 5.91 Å². The first-order valence-corrected chi connectivity index (χ1v) is 6.70. The van der Waals surface area contributed by atoms with Gasteiger partial charge < -0.3 is 15.5 Å². The molecule has 0 unspecified atom stereocenters. The Morgan fingerprint density at radius 3 is 2.50 bits per heavy atom. The molecular formula is C14H13NO4S. The largest absolute Gasteiger partial charge is 0.508 e. The van der Waals surface area contributed by atoms with Crippen molar-refractivity contribution >= 4 is 28.9 Å². The summed E-state index contributed by atoms with van der Waals surface area (Å²) < 4.78 is 0. The number of benzene rings is 1. The summed E-state index contributed by atoms with van der Waals surface area (Å²) in [4.78, 5) is 23.3. The quantitative estimate of drug-likeness (QED) is 0.811. The van der Waals surface area contributed by atoms with Crippen LogP contribution in [0.25, 0.3) is 0 Å². The fourth-order valence-corrected chi connectivity index (χ4v) is 2.54. The van der Waals surface area contributed by atoms with Crippen molar-refractivity contribution in [1.29, 1.82) is 0 Å².